The Hall–Kier alpha value is -2.33. The molecular weight excluding hydrogens is 274 g/mol. The summed E-state index contributed by atoms with van der Waals surface area (Å²) in [7, 11) is 1.61. The van der Waals surface area contributed by atoms with Crippen LogP contribution in [-0.2, 0) is 5.41 Å². The van der Waals surface area contributed by atoms with E-state index >= 15 is 0 Å². The Morgan fingerprint density at radius 2 is 1.73 bits per heavy atom. The van der Waals surface area contributed by atoms with Crippen molar-refractivity contribution in [2.24, 2.45) is 5.84 Å². The predicted octanol–water partition coefficient (Wildman–Crippen LogP) is 3.70. The molecule has 0 aliphatic heterocycles. The fourth-order valence-electron chi connectivity index (χ4n) is 2.16. The number of amidine groups is 1. The van der Waals surface area contributed by atoms with E-state index in [2.05, 4.69) is 20.8 Å². The predicted molar refractivity (Wildman–Crippen MR) is 91.6 cm³/mol. The highest BCUT2D eigenvalue weighted by Gasteiger charge is 2.15. The minimum absolute atomic E-state index is 0.0932. The van der Waals surface area contributed by atoms with Crippen LogP contribution in [0.5, 0.6) is 5.75 Å². The first-order valence-corrected chi connectivity index (χ1v) is 7.21. The Labute approximate surface area is 132 Å². The molecule has 0 amide bonds. The summed E-state index contributed by atoms with van der Waals surface area (Å²) in [6.07, 6.45) is 0. The van der Waals surface area contributed by atoms with Crippen LogP contribution in [0.2, 0.25) is 0 Å². The van der Waals surface area contributed by atoms with Crippen molar-refractivity contribution in [3.63, 3.8) is 0 Å². The zero-order chi connectivity index (χ0) is 16.3. The normalized spacial score (nSPS) is 11.1. The lowest BCUT2D eigenvalue weighted by Gasteiger charge is -2.22. The van der Waals surface area contributed by atoms with E-state index in [1.54, 1.807) is 13.2 Å². The van der Waals surface area contributed by atoms with Gasteiger partial charge in [-0.3, -0.25) is 10.4 Å². The third-order valence-corrected chi connectivity index (χ3v) is 3.60. The molecule has 0 radical (unpaired) electrons. The van der Waals surface area contributed by atoms with Gasteiger partial charge in [0, 0.05) is 11.6 Å². The Kier molecular flexibility index (Phi) is 4.52. The lowest BCUT2D eigenvalue weighted by atomic mass is 9.86. The molecule has 0 spiro atoms. The Morgan fingerprint density at radius 3 is 2.27 bits per heavy atom. The van der Waals surface area contributed by atoms with Crippen LogP contribution >= 0.6 is 0 Å². The largest absolute Gasteiger partial charge is 0.497 e. The molecule has 0 saturated carbocycles. The molecular formula is C18H23N3O. The van der Waals surface area contributed by atoms with Crippen molar-refractivity contribution in [3.8, 4) is 5.75 Å². The van der Waals surface area contributed by atoms with E-state index in [-0.39, 0.29) is 11.3 Å². The fraction of sp³-hybridized carbons (Fsp3) is 0.278. The molecule has 116 valence electrons. The number of rotatable bonds is 3. The van der Waals surface area contributed by atoms with Crippen molar-refractivity contribution in [1.29, 1.82) is 5.41 Å². The van der Waals surface area contributed by atoms with E-state index in [1.165, 1.54) is 10.6 Å². The summed E-state index contributed by atoms with van der Waals surface area (Å²) in [6, 6.07) is 15.3. The van der Waals surface area contributed by atoms with Gasteiger partial charge in [-0.2, -0.15) is 0 Å². The van der Waals surface area contributed by atoms with Crippen LogP contribution in [0, 0.1) is 5.41 Å². The summed E-state index contributed by atoms with van der Waals surface area (Å²) in [5, 5.41) is 9.64. The van der Waals surface area contributed by atoms with Gasteiger partial charge in [0.1, 0.15) is 11.6 Å². The number of benzene rings is 2. The van der Waals surface area contributed by atoms with Crippen molar-refractivity contribution >= 4 is 11.5 Å². The summed E-state index contributed by atoms with van der Waals surface area (Å²) < 4.78 is 5.19. The van der Waals surface area contributed by atoms with Gasteiger partial charge in [-0.1, -0.05) is 51.1 Å². The van der Waals surface area contributed by atoms with E-state index in [1.807, 2.05) is 42.5 Å². The van der Waals surface area contributed by atoms with Gasteiger partial charge in [0.2, 0.25) is 0 Å². The first kappa shape index (κ1) is 16.0. The zero-order valence-corrected chi connectivity index (χ0v) is 13.6. The SMILES string of the molecule is COc1cccc(N(N)C(=N)c2ccc(C(C)(C)C)cc2)c1. The first-order chi connectivity index (χ1) is 10.3. The molecule has 0 aliphatic carbocycles. The summed E-state index contributed by atoms with van der Waals surface area (Å²) >= 11 is 0. The Morgan fingerprint density at radius 1 is 1.09 bits per heavy atom. The molecule has 0 atom stereocenters. The minimum atomic E-state index is 0.0932. The van der Waals surface area contributed by atoms with Crippen LogP contribution in [0.4, 0.5) is 5.69 Å². The average molecular weight is 297 g/mol. The highest BCUT2D eigenvalue weighted by Crippen LogP contribution is 2.24. The third-order valence-electron chi connectivity index (χ3n) is 3.60. The van der Waals surface area contributed by atoms with E-state index in [0.717, 1.165) is 5.56 Å². The second-order valence-corrected chi connectivity index (χ2v) is 6.25. The Balaban J connectivity index is 2.23. The van der Waals surface area contributed by atoms with Crippen LogP contribution < -0.4 is 15.6 Å². The lowest BCUT2D eigenvalue weighted by Crippen LogP contribution is -2.37. The second kappa shape index (κ2) is 6.20. The van der Waals surface area contributed by atoms with Gasteiger partial charge < -0.3 is 4.74 Å². The van der Waals surface area contributed by atoms with E-state index in [9.17, 15) is 0 Å². The number of methoxy groups -OCH3 is 1. The van der Waals surface area contributed by atoms with Crippen LogP contribution in [0.1, 0.15) is 31.9 Å². The molecule has 0 heterocycles. The summed E-state index contributed by atoms with van der Waals surface area (Å²) in [5.74, 6) is 7.03. The van der Waals surface area contributed by atoms with Crippen LogP contribution in [0.25, 0.3) is 0 Å². The van der Waals surface area contributed by atoms with Crippen molar-refractivity contribution in [2.75, 3.05) is 12.1 Å². The quantitative estimate of drug-likeness (QED) is 0.393. The number of ether oxygens (including phenoxy) is 1. The highest BCUT2D eigenvalue weighted by molar-refractivity contribution is 6.07. The molecule has 4 heteroatoms. The van der Waals surface area contributed by atoms with Gasteiger partial charge in [-0.15, -0.1) is 0 Å². The van der Waals surface area contributed by atoms with Gasteiger partial charge in [0.15, 0.2) is 0 Å². The highest BCUT2D eigenvalue weighted by atomic mass is 16.5. The van der Waals surface area contributed by atoms with Gasteiger partial charge in [-0.05, 0) is 23.1 Å². The number of hydrogen-bond donors (Lipinski definition) is 2. The van der Waals surface area contributed by atoms with Crippen molar-refractivity contribution in [3.05, 3.63) is 59.7 Å². The first-order valence-electron chi connectivity index (χ1n) is 7.21. The van der Waals surface area contributed by atoms with Crippen molar-refractivity contribution in [1.82, 2.24) is 0 Å². The monoisotopic (exact) mass is 297 g/mol. The molecule has 0 fully saturated rings. The van der Waals surface area contributed by atoms with Gasteiger partial charge in [0.25, 0.3) is 0 Å². The molecule has 0 unspecified atom stereocenters. The smallest absolute Gasteiger partial charge is 0.147 e. The topological polar surface area (TPSA) is 62.3 Å². The van der Waals surface area contributed by atoms with E-state index < -0.39 is 0 Å². The number of nitrogens with zero attached hydrogens (tertiary/aromatic N) is 1. The van der Waals surface area contributed by atoms with Gasteiger partial charge in [0.05, 0.1) is 12.8 Å². The molecule has 2 rings (SSSR count). The van der Waals surface area contributed by atoms with Gasteiger partial charge in [-0.25, -0.2) is 5.84 Å². The maximum Gasteiger partial charge on any atom is 0.147 e. The third kappa shape index (κ3) is 3.46. The number of hydrazine groups is 1. The summed E-state index contributed by atoms with van der Waals surface area (Å²) in [5.41, 5.74) is 2.81. The second-order valence-electron chi connectivity index (χ2n) is 6.25. The molecule has 0 bridgehead atoms. The van der Waals surface area contributed by atoms with Crippen LogP contribution in [-0.4, -0.2) is 12.9 Å². The maximum absolute atomic E-state index is 8.29. The number of anilines is 1. The fourth-order valence-corrected chi connectivity index (χ4v) is 2.16. The van der Waals surface area contributed by atoms with Gasteiger partial charge >= 0.3 is 0 Å². The lowest BCUT2D eigenvalue weighted by molar-refractivity contribution is 0.415. The average Bonchev–Trinajstić information content (AvgIpc) is 2.53. The zero-order valence-electron chi connectivity index (χ0n) is 13.6. The van der Waals surface area contributed by atoms with Crippen LogP contribution in [0.15, 0.2) is 48.5 Å². The molecule has 0 aliphatic rings. The van der Waals surface area contributed by atoms with Crippen LogP contribution in [0.3, 0.4) is 0 Å². The summed E-state index contributed by atoms with van der Waals surface area (Å²) in [6.45, 7) is 6.50. The van der Waals surface area contributed by atoms with E-state index in [0.29, 0.717) is 11.4 Å². The summed E-state index contributed by atoms with van der Waals surface area (Å²) in [4.78, 5) is 0. The number of nitrogens with one attached hydrogen (secondary N) is 1. The molecule has 4 nitrogen and oxygen atoms in total. The molecule has 0 saturated heterocycles. The number of nitrogens with two attached hydrogens (primary N) is 1. The molecule has 2 aromatic carbocycles. The standard InChI is InChI=1S/C18H23N3O/c1-18(2,3)14-10-8-13(9-11-14)17(19)21(20)15-6-5-7-16(12-15)22-4/h5-12,19H,20H2,1-4H3. The molecule has 3 N–H and O–H groups in total. The maximum atomic E-state index is 8.29. The van der Waals surface area contributed by atoms with Crippen molar-refractivity contribution < 1.29 is 4.74 Å². The minimum Gasteiger partial charge on any atom is -0.497 e. The Bertz CT molecular complexity index is 657. The molecule has 0 aromatic heterocycles. The van der Waals surface area contributed by atoms with E-state index in [4.69, 9.17) is 16.0 Å². The molecule has 2 aromatic rings. The number of hydrogen-bond acceptors (Lipinski definition) is 3. The molecule has 22 heavy (non-hydrogen) atoms. The van der Waals surface area contributed by atoms with Crippen molar-refractivity contribution in [2.45, 2.75) is 26.2 Å².